The van der Waals surface area contributed by atoms with E-state index in [4.69, 9.17) is 4.74 Å². The lowest BCUT2D eigenvalue weighted by molar-refractivity contribution is -0.143. The fourth-order valence-electron chi connectivity index (χ4n) is 5.81. The van der Waals surface area contributed by atoms with Gasteiger partial charge in [0.15, 0.2) is 0 Å². The highest BCUT2D eigenvalue weighted by Gasteiger charge is 2.58. The van der Waals surface area contributed by atoms with Crippen LogP contribution < -0.4 is 10.6 Å². The Bertz CT molecular complexity index is 1270. The van der Waals surface area contributed by atoms with E-state index < -0.39 is 24.1 Å². The predicted octanol–water partition coefficient (Wildman–Crippen LogP) is 3.84. The molecule has 0 aromatic heterocycles. The van der Waals surface area contributed by atoms with Crippen molar-refractivity contribution < 1.29 is 28.3 Å². The number of urea groups is 1. The molecular weight excluding hydrogens is 479 g/mol. The van der Waals surface area contributed by atoms with E-state index in [-0.39, 0.29) is 36.3 Å². The number of fused-ring (bicyclic) bond motifs is 2. The third-order valence-electron chi connectivity index (χ3n) is 7.65. The number of halogens is 1. The molecule has 1 aliphatic carbocycles. The van der Waals surface area contributed by atoms with Crippen molar-refractivity contribution in [2.45, 2.75) is 56.7 Å². The van der Waals surface area contributed by atoms with Gasteiger partial charge in [-0.05, 0) is 61.1 Å². The maximum atomic E-state index is 13.6. The first-order valence-electron chi connectivity index (χ1n) is 12.5. The Labute approximate surface area is 213 Å². The molecule has 1 spiro atoms. The smallest absolute Gasteiger partial charge is 0.418 e. The lowest BCUT2D eigenvalue weighted by Crippen LogP contribution is -2.46. The van der Waals surface area contributed by atoms with Crippen molar-refractivity contribution in [2.24, 2.45) is 0 Å². The van der Waals surface area contributed by atoms with E-state index in [2.05, 4.69) is 10.6 Å². The Kier molecular flexibility index (Phi) is 6.35. The number of ether oxygens (including phenoxy) is 1. The molecule has 2 aromatic rings. The van der Waals surface area contributed by atoms with Crippen molar-refractivity contribution in [1.82, 2.24) is 15.1 Å². The van der Waals surface area contributed by atoms with Crippen molar-refractivity contribution in [2.75, 3.05) is 18.9 Å². The third kappa shape index (κ3) is 4.20. The van der Waals surface area contributed by atoms with Crippen molar-refractivity contribution in [1.29, 1.82) is 0 Å². The number of hydrogen-bond donors (Lipinski definition) is 2. The van der Waals surface area contributed by atoms with E-state index in [1.165, 1.54) is 19.2 Å². The molecule has 3 aliphatic rings. The molecule has 2 N–H and O–H groups in total. The number of benzene rings is 2. The van der Waals surface area contributed by atoms with Crippen LogP contribution in [-0.4, -0.2) is 53.4 Å². The fourth-order valence-corrected chi connectivity index (χ4v) is 5.81. The number of amides is 5. The van der Waals surface area contributed by atoms with Crippen LogP contribution in [0.5, 0.6) is 0 Å². The molecule has 9 nitrogen and oxygen atoms in total. The second-order valence-corrected chi connectivity index (χ2v) is 9.67. The summed E-state index contributed by atoms with van der Waals surface area (Å²) in [5.74, 6) is -1.25. The molecule has 10 heteroatoms. The van der Waals surface area contributed by atoms with E-state index in [1.54, 1.807) is 35.2 Å². The van der Waals surface area contributed by atoms with Gasteiger partial charge in [0.1, 0.15) is 12.4 Å². The van der Waals surface area contributed by atoms with Gasteiger partial charge in [-0.25, -0.2) is 18.9 Å². The summed E-state index contributed by atoms with van der Waals surface area (Å²) in [5.41, 5.74) is 1.28. The van der Waals surface area contributed by atoms with Gasteiger partial charge in [-0.3, -0.25) is 9.59 Å². The highest BCUT2D eigenvalue weighted by atomic mass is 19.1. The molecule has 0 radical (unpaired) electrons. The minimum Gasteiger partial charge on any atom is -0.427 e. The molecular formula is C27H29FN4O5. The number of imide groups is 1. The lowest BCUT2D eigenvalue weighted by atomic mass is 9.94. The Hall–Kier alpha value is -3.95. The summed E-state index contributed by atoms with van der Waals surface area (Å²) in [4.78, 5) is 54.3. The third-order valence-corrected chi connectivity index (χ3v) is 7.65. The fraction of sp³-hybridized carbons (Fsp3) is 0.407. The van der Waals surface area contributed by atoms with Crippen LogP contribution in [0.2, 0.25) is 0 Å². The number of nitrogens with one attached hydrogen (secondary N) is 2. The molecule has 2 heterocycles. The number of carbonyl (C=O) groups excluding carboxylic acids is 4. The first kappa shape index (κ1) is 24.7. The maximum absolute atomic E-state index is 13.6. The van der Waals surface area contributed by atoms with Crippen molar-refractivity contribution >= 4 is 29.6 Å². The molecule has 2 fully saturated rings. The first-order chi connectivity index (χ1) is 17.8. The number of carbonyl (C=O) groups is 4. The number of hydrogen-bond acceptors (Lipinski definition) is 5. The summed E-state index contributed by atoms with van der Waals surface area (Å²) < 4.78 is 19.1. The van der Waals surface area contributed by atoms with Crippen molar-refractivity contribution in [3.05, 3.63) is 65.0 Å². The quantitative estimate of drug-likeness (QED) is 0.638. The standard InChI is InChI=1S/C27H29FN4O5/c1-3-20-9-11-22(16-4-6-18(28)7-5-16)32(20)23(33)15-31-24(34)27(37-26(31)36)13-12-17-14-19(8-10-21(17)27)30-25(35)29-2/h4-8,10,14,20,22H,3,9,11-13,15H2,1-2H3,(H2,29,30,35)/t20-,22-,27-/m1/s1. The zero-order valence-corrected chi connectivity index (χ0v) is 20.8. The normalized spacial score (nSPS) is 24.4. The zero-order valence-electron chi connectivity index (χ0n) is 20.8. The van der Waals surface area contributed by atoms with Crippen LogP contribution in [0.1, 0.15) is 55.3 Å². The van der Waals surface area contributed by atoms with Gasteiger partial charge in [-0.2, -0.15) is 0 Å². The van der Waals surface area contributed by atoms with Crippen LogP contribution in [0.15, 0.2) is 42.5 Å². The Morgan fingerprint density at radius 3 is 2.59 bits per heavy atom. The largest absolute Gasteiger partial charge is 0.427 e. The SMILES string of the molecule is CC[C@@H]1CC[C@H](c2ccc(F)cc2)N1C(=O)CN1C(=O)O[C@@]2(CCc3cc(NC(=O)NC)ccc32)C1=O. The maximum Gasteiger partial charge on any atom is 0.418 e. The summed E-state index contributed by atoms with van der Waals surface area (Å²) >= 11 is 0. The molecule has 5 rings (SSSR count). The number of anilines is 1. The van der Waals surface area contributed by atoms with Gasteiger partial charge in [0, 0.05) is 30.8 Å². The Balaban J connectivity index is 1.36. The average molecular weight is 509 g/mol. The number of rotatable bonds is 5. The van der Waals surface area contributed by atoms with E-state index in [0.29, 0.717) is 17.7 Å². The molecule has 37 heavy (non-hydrogen) atoms. The molecule has 2 aliphatic heterocycles. The van der Waals surface area contributed by atoms with Crippen LogP contribution in [0, 0.1) is 5.82 Å². The monoisotopic (exact) mass is 508 g/mol. The van der Waals surface area contributed by atoms with Gasteiger partial charge in [-0.15, -0.1) is 0 Å². The minimum atomic E-state index is -1.47. The molecule has 3 atom stereocenters. The highest BCUT2D eigenvalue weighted by Crippen LogP contribution is 2.46. The molecule has 2 aromatic carbocycles. The van der Waals surface area contributed by atoms with Crippen LogP contribution in [-0.2, 0) is 26.3 Å². The molecule has 0 saturated carbocycles. The summed E-state index contributed by atoms with van der Waals surface area (Å²) in [6, 6.07) is 10.5. The van der Waals surface area contributed by atoms with E-state index >= 15 is 0 Å². The van der Waals surface area contributed by atoms with Crippen LogP contribution in [0.25, 0.3) is 0 Å². The molecule has 5 amide bonds. The van der Waals surface area contributed by atoms with Crippen LogP contribution in [0.3, 0.4) is 0 Å². The topological polar surface area (TPSA) is 108 Å². The summed E-state index contributed by atoms with van der Waals surface area (Å²) in [6.07, 6.45) is 2.14. The average Bonchev–Trinajstić information content (AvgIpc) is 3.55. The molecule has 0 unspecified atom stereocenters. The van der Waals surface area contributed by atoms with Crippen molar-refractivity contribution in [3.8, 4) is 0 Å². The van der Waals surface area contributed by atoms with Gasteiger partial charge in [0.25, 0.3) is 5.91 Å². The van der Waals surface area contributed by atoms with Gasteiger partial charge < -0.3 is 20.3 Å². The number of aryl methyl sites for hydroxylation is 1. The second kappa shape index (κ2) is 9.49. The molecule has 194 valence electrons. The van der Waals surface area contributed by atoms with Gasteiger partial charge in [0.05, 0.1) is 6.04 Å². The number of likely N-dealkylation sites (tertiary alicyclic amines) is 1. The second-order valence-electron chi connectivity index (χ2n) is 9.67. The van der Waals surface area contributed by atoms with Gasteiger partial charge in [0.2, 0.25) is 11.5 Å². The van der Waals surface area contributed by atoms with Crippen molar-refractivity contribution in [3.63, 3.8) is 0 Å². The molecule has 0 bridgehead atoms. The van der Waals surface area contributed by atoms with Gasteiger partial charge >= 0.3 is 12.1 Å². The highest BCUT2D eigenvalue weighted by molar-refractivity contribution is 6.06. The predicted molar refractivity (Wildman–Crippen MR) is 132 cm³/mol. The molecule has 2 saturated heterocycles. The van der Waals surface area contributed by atoms with E-state index in [1.807, 2.05) is 6.92 Å². The first-order valence-corrected chi connectivity index (χ1v) is 12.5. The minimum absolute atomic E-state index is 0.0383. The summed E-state index contributed by atoms with van der Waals surface area (Å²) in [7, 11) is 1.51. The summed E-state index contributed by atoms with van der Waals surface area (Å²) in [6.45, 7) is 1.57. The lowest BCUT2D eigenvalue weighted by Gasteiger charge is -2.31. The summed E-state index contributed by atoms with van der Waals surface area (Å²) in [5, 5.41) is 5.17. The van der Waals surface area contributed by atoms with Crippen LogP contribution in [0.4, 0.5) is 19.7 Å². The Morgan fingerprint density at radius 2 is 1.89 bits per heavy atom. The van der Waals surface area contributed by atoms with Crippen LogP contribution >= 0.6 is 0 Å². The van der Waals surface area contributed by atoms with E-state index in [9.17, 15) is 23.6 Å². The van der Waals surface area contributed by atoms with Gasteiger partial charge in [-0.1, -0.05) is 25.1 Å². The van der Waals surface area contributed by atoms with E-state index in [0.717, 1.165) is 35.3 Å². The zero-order chi connectivity index (χ0) is 26.3. The Morgan fingerprint density at radius 1 is 1.14 bits per heavy atom. The number of nitrogens with zero attached hydrogens (tertiary/aromatic N) is 2.